The fourth-order valence-corrected chi connectivity index (χ4v) is 3.27. The summed E-state index contributed by atoms with van der Waals surface area (Å²) in [4.78, 5) is 12.3. The number of carbonyl (C=O) groups excluding carboxylic acids is 1. The van der Waals surface area contributed by atoms with E-state index in [1.54, 1.807) is 0 Å². The van der Waals surface area contributed by atoms with Crippen LogP contribution < -0.4 is 10.6 Å². The second-order valence-electron chi connectivity index (χ2n) is 5.09. The predicted octanol–water partition coefficient (Wildman–Crippen LogP) is 6.11. The Bertz CT molecular complexity index is 725. The molecule has 2 aromatic carbocycles. The highest BCUT2D eigenvalue weighted by atomic mass is 35.6. The molecular formula is C16H12Cl6N2O. The van der Waals surface area contributed by atoms with Crippen LogP contribution in [0.2, 0.25) is 15.1 Å². The number of anilines is 1. The lowest BCUT2D eigenvalue weighted by molar-refractivity contribution is -0.120. The summed E-state index contributed by atoms with van der Waals surface area (Å²) in [5.41, 5.74) is 1.12. The smallest absolute Gasteiger partial charge is 0.228 e. The third-order valence-electron chi connectivity index (χ3n) is 3.14. The first-order chi connectivity index (χ1) is 11.7. The molecule has 0 radical (unpaired) electrons. The third kappa shape index (κ3) is 6.28. The van der Waals surface area contributed by atoms with E-state index in [1.165, 1.54) is 12.1 Å². The molecule has 134 valence electrons. The Morgan fingerprint density at radius 1 is 1.00 bits per heavy atom. The molecule has 3 nitrogen and oxygen atoms in total. The maximum atomic E-state index is 12.3. The zero-order valence-electron chi connectivity index (χ0n) is 12.5. The Labute approximate surface area is 175 Å². The van der Waals surface area contributed by atoms with Gasteiger partial charge in [0.2, 0.25) is 9.70 Å². The van der Waals surface area contributed by atoms with E-state index in [9.17, 15) is 4.79 Å². The van der Waals surface area contributed by atoms with Crippen LogP contribution >= 0.6 is 69.6 Å². The molecule has 2 aromatic rings. The molecule has 2 rings (SSSR count). The molecule has 0 aliphatic rings. The maximum Gasteiger partial charge on any atom is 0.228 e. The summed E-state index contributed by atoms with van der Waals surface area (Å²) in [6.07, 6.45) is -0.938. The standard InChI is InChI=1S/C16H12Cl6N2O/c17-10-7-11(18)14(12(19)8-10)24-15(16(20,21)22)23-13(25)6-9-4-2-1-3-5-9/h1-5,7-8,15,24H,6H2,(H,23,25)/t15-/m1/s1. The Kier molecular flexibility index (Phi) is 7.39. The molecule has 0 heterocycles. The molecule has 0 unspecified atom stereocenters. The third-order valence-corrected chi connectivity index (χ3v) is 4.60. The van der Waals surface area contributed by atoms with Gasteiger partial charge in [-0.2, -0.15) is 0 Å². The van der Waals surface area contributed by atoms with Crippen molar-refractivity contribution in [1.82, 2.24) is 5.32 Å². The Balaban J connectivity index is 2.16. The van der Waals surface area contributed by atoms with E-state index in [-0.39, 0.29) is 22.4 Å². The van der Waals surface area contributed by atoms with Crippen LogP contribution in [0.4, 0.5) is 5.69 Å². The summed E-state index contributed by atoms with van der Waals surface area (Å²) in [5.74, 6) is -0.337. The normalized spacial score (nSPS) is 12.6. The molecule has 2 N–H and O–H groups in total. The fourth-order valence-electron chi connectivity index (χ4n) is 2.02. The van der Waals surface area contributed by atoms with E-state index in [4.69, 9.17) is 69.6 Å². The van der Waals surface area contributed by atoms with E-state index >= 15 is 0 Å². The molecule has 0 aromatic heterocycles. The summed E-state index contributed by atoms with van der Waals surface area (Å²) in [6, 6.07) is 12.1. The molecule has 25 heavy (non-hydrogen) atoms. The number of benzene rings is 2. The molecule has 0 aliphatic carbocycles. The van der Waals surface area contributed by atoms with Crippen LogP contribution in [0.25, 0.3) is 0 Å². The molecule has 0 bridgehead atoms. The second-order valence-corrected chi connectivity index (χ2v) is 8.71. The number of nitrogens with one attached hydrogen (secondary N) is 2. The van der Waals surface area contributed by atoms with Gasteiger partial charge in [-0.25, -0.2) is 0 Å². The lowest BCUT2D eigenvalue weighted by Gasteiger charge is -2.28. The monoisotopic (exact) mass is 458 g/mol. The van der Waals surface area contributed by atoms with Crippen LogP contribution in [0.1, 0.15) is 5.56 Å². The van der Waals surface area contributed by atoms with Gasteiger partial charge in [0.25, 0.3) is 0 Å². The average molecular weight is 461 g/mol. The van der Waals surface area contributed by atoms with Gasteiger partial charge in [0.15, 0.2) is 0 Å². The number of carbonyl (C=O) groups is 1. The van der Waals surface area contributed by atoms with E-state index in [0.717, 1.165) is 5.56 Å². The summed E-state index contributed by atoms with van der Waals surface area (Å²) in [6.45, 7) is 0. The number of hydrogen-bond donors (Lipinski definition) is 2. The summed E-state index contributed by atoms with van der Waals surface area (Å²) in [5, 5.41) is 6.30. The van der Waals surface area contributed by atoms with Gasteiger partial charge in [-0.3, -0.25) is 4.79 Å². The lowest BCUT2D eigenvalue weighted by atomic mass is 10.1. The van der Waals surface area contributed by atoms with Crippen LogP contribution in [0, 0.1) is 0 Å². The summed E-state index contributed by atoms with van der Waals surface area (Å²) in [7, 11) is 0. The number of alkyl halides is 3. The van der Waals surface area contributed by atoms with Crippen molar-refractivity contribution in [2.45, 2.75) is 16.4 Å². The van der Waals surface area contributed by atoms with Crippen LogP contribution in [0.3, 0.4) is 0 Å². The lowest BCUT2D eigenvalue weighted by Crippen LogP contribution is -2.49. The van der Waals surface area contributed by atoms with Gasteiger partial charge in [-0.1, -0.05) is 99.9 Å². The highest BCUT2D eigenvalue weighted by Gasteiger charge is 2.35. The van der Waals surface area contributed by atoms with E-state index in [0.29, 0.717) is 10.7 Å². The van der Waals surface area contributed by atoms with E-state index in [2.05, 4.69) is 10.6 Å². The Morgan fingerprint density at radius 3 is 2.08 bits per heavy atom. The van der Waals surface area contributed by atoms with Gasteiger partial charge in [0.1, 0.15) is 6.17 Å². The predicted molar refractivity (Wildman–Crippen MR) is 107 cm³/mol. The zero-order chi connectivity index (χ0) is 18.6. The highest BCUT2D eigenvalue weighted by molar-refractivity contribution is 6.68. The zero-order valence-corrected chi connectivity index (χ0v) is 17.0. The van der Waals surface area contributed by atoms with Crippen molar-refractivity contribution in [3.63, 3.8) is 0 Å². The van der Waals surface area contributed by atoms with Gasteiger partial charge in [0, 0.05) is 5.02 Å². The van der Waals surface area contributed by atoms with Gasteiger partial charge in [-0.15, -0.1) is 0 Å². The second kappa shape index (κ2) is 8.90. The first-order valence-electron chi connectivity index (χ1n) is 6.98. The van der Waals surface area contributed by atoms with Crippen molar-refractivity contribution >= 4 is 81.2 Å². The molecule has 0 fully saturated rings. The Hall–Kier alpha value is -0.550. The topological polar surface area (TPSA) is 41.1 Å². The maximum absolute atomic E-state index is 12.3. The minimum atomic E-state index is -1.85. The number of amides is 1. The molecule has 0 saturated heterocycles. The van der Waals surface area contributed by atoms with Gasteiger partial charge >= 0.3 is 0 Å². The van der Waals surface area contributed by atoms with E-state index < -0.39 is 9.96 Å². The molecule has 0 spiro atoms. The Morgan fingerprint density at radius 2 is 1.56 bits per heavy atom. The van der Waals surface area contributed by atoms with Gasteiger partial charge in [-0.05, 0) is 17.7 Å². The van der Waals surface area contributed by atoms with Crippen molar-refractivity contribution in [1.29, 1.82) is 0 Å². The molecule has 1 amide bonds. The largest absolute Gasteiger partial charge is 0.359 e. The molecular weight excluding hydrogens is 449 g/mol. The quantitative estimate of drug-likeness (QED) is 0.417. The van der Waals surface area contributed by atoms with Crippen molar-refractivity contribution in [2.24, 2.45) is 0 Å². The van der Waals surface area contributed by atoms with Crippen LogP contribution in [-0.2, 0) is 11.2 Å². The minimum Gasteiger partial charge on any atom is -0.359 e. The summed E-state index contributed by atoms with van der Waals surface area (Å²) < 4.78 is -1.85. The first-order valence-corrected chi connectivity index (χ1v) is 9.24. The SMILES string of the molecule is O=C(Cc1ccccc1)N[C@H](Nc1c(Cl)cc(Cl)cc1Cl)C(Cl)(Cl)Cl. The fraction of sp³-hybridized carbons (Fsp3) is 0.188. The van der Waals surface area contributed by atoms with Crippen LogP contribution in [0.5, 0.6) is 0 Å². The summed E-state index contributed by atoms with van der Waals surface area (Å²) >= 11 is 36.0. The molecule has 0 saturated carbocycles. The van der Waals surface area contributed by atoms with Crippen molar-refractivity contribution < 1.29 is 4.79 Å². The van der Waals surface area contributed by atoms with Crippen LogP contribution in [0.15, 0.2) is 42.5 Å². The highest BCUT2D eigenvalue weighted by Crippen LogP contribution is 2.37. The average Bonchev–Trinajstić information content (AvgIpc) is 2.49. The number of rotatable bonds is 5. The van der Waals surface area contributed by atoms with Gasteiger partial charge in [0.05, 0.1) is 22.2 Å². The molecule has 9 heteroatoms. The minimum absolute atomic E-state index is 0.127. The van der Waals surface area contributed by atoms with Gasteiger partial charge < -0.3 is 10.6 Å². The first kappa shape index (κ1) is 20.8. The number of hydrogen-bond acceptors (Lipinski definition) is 2. The van der Waals surface area contributed by atoms with Crippen molar-refractivity contribution in [2.75, 3.05) is 5.32 Å². The van der Waals surface area contributed by atoms with Crippen molar-refractivity contribution in [3.05, 3.63) is 63.1 Å². The van der Waals surface area contributed by atoms with Crippen molar-refractivity contribution in [3.8, 4) is 0 Å². The van der Waals surface area contributed by atoms with E-state index in [1.807, 2.05) is 30.3 Å². The number of halogens is 6. The van der Waals surface area contributed by atoms with Crippen LogP contribution in [-0.4, -0.2) is 15.9 Å². The molecule has 0 aliphatic heterocycles. The molecule has 1 atom stereocenters.